The van der Waals surface area contributed by atoms with Gasteiger partial charge >= 0.3 is 6.03 Å². The predicted octanol–water partition coefficient (Wildman–Crippen LogP) is 2.36. The van der Waals surface area contributed by atoms with Gasteiger partial charge in [0.2, 0.25) is 0 Å². The van der Waals surface area contributed by atoms with Gasteiger partial charge in [0, 0.05) is 45.3 Å². The molecule has 5 heteroatoms. The van der Waals surface area contributed by atoms with Crippen LogP contribution in [0.5, 0.6) is 0 Å². The number of carbonyl (C=O) groups is 1. The minimum absolute atomic E-state index is 0.0411. The summed E-state index contributed by atoms with van der Waals surface area (Å²) in [6, 6.07) is 6.23. The predicted molar refractivity (Wildman–Crippen MR) is 93.7 cm³/mol. The molecule has 0 aliphatic carbocycles. The first-order valence-electron chi connectivity index (χ1n) is 8.36. The minimum atomic E-state index is -0.358. The number of aliphatic hydroxyl groups excluding tert-OH is 1. The van der Waals surface area contributed by atoms with Crippen LogP contribution in [-0.2, 0) is 6.54 Å². The highest BCUT2D eigenvalue weighted by Crippen LogP contribution is 2.21. The van der Waals surface area contributed by atoms with Gasteiger partial charge in [-0.05, 0) is 43.9 Å². The fourth-order valence-corrected chi connectivity index (χ4v) is 3.11. The number of likely N-dealkylation sites (tertiary alicyclic amines) is 1. The molecule has 0 aromatic heterocycles. The highest BCUT2D eigenvalue weighted by atomic mass is 16.3. The van der Waals surface area contributed by atoms with E-state index in [4.69, 9.17) is 0 Å². The molecule has 0 spiro atoms. The van der Waals surface area contributed by atoms with Crippen molar-refractivity contribution in [3.8, 4) is 0 Å². The minimum Gasteiger partial charge on any atom is -0.393 e. The molecule has 1 aliphatic heterocycles. The van der Waals surface area contributed by atoms with E-state index in [2.05, 4.69) is 35.3 Å². The van der Waals surface area contributed by atoms with Crippen LogP contribution in [0.3, 0.4) is 0 Å². The van der Waals surface area contributed by atoms with Crippen molar-refractivity contribution in [1.29, 1.82) is 0 Å². The summed E-state index contributed by atoms with van der Waals surface area (Å²) in [7, 11) is 4.02. The lowest BCUT2D eigenvalue weighted by Crippen LogP contribution is -2.47. The zero-order valence-electron chi connectivity index (χ0n) is 14.7. The summed E-state index contributed by atoms with van der Waals surface area (Å²) in [5, 5.41) is 12.8. The van der Waals surface area contributed by atoms with Gasteiger partial charge in [0.25, 0.3) is 0 Å². The normalized spacial score (nSPS) is 19.3. The molecule has 2 unspecified atom stereocenters. The van der Waals surface area contributed by atoms with E-state index in [1.54, 1.807) is 0 Å². The van der Waals surface area contributed by atoms with Gasteiger partial charge in [-0.15, -0.1) is 0 Å². The summed E-state index contributed by atoms with van der Waals surface area (Å²) in [5.74, 6) is 0.186. The Balaban J connectivity index is 1.97. The lowest BCUT2D eigenvalue weighted by molar-refractivity contribution is 0.0738. The van der Waals surface area contributed by atoms with Gasteiger partial charge in [-0.2, -0.15) is 0 Å². The first-order chi connectivity index (χ1) is 10.9. The molecule has 1 aromatic rings. The lowest BCUT2D eigenvalue weighted by atomic mass is 9.94. The molecular weight excluding hydrogens is 290 g/mol. The monoisotopic (exact) mass is 319 g/mol. The van der Waals surface area contributed by atoms with Crippen LogP contribution in [0.4, 0.5) is 10.5 Å². The summed E-state index contributed by atoms with van der Waals surface area (Å²) in [5.41, 5.74) is 3.45. The molecule has 23 heavy (non-hydrogen) atoms. The van der Waals surface area contributed by atoms with E-state index in [1.807, 2.05) is 25.9 Å². The molecule has 1 fully saturated rings. The number of hydrogen-bond acceptors (Lipinski definition) is 3. The standard InChI is InChI=1S/C18H29N3O2/c1-13-7-8-15(17(10-13)20(3)4)11-19-18(23)21-9-5-6-16(12-21)14(2)22/h7-8,10,14,16,22H,5-6,9,11-12H2,1-4H3,(H,19,23). The molecule has 2 atom stereocenters. The van der Waals surface area contributed by atoms with E-state index in [-0.39, 0.29) is 18.1 Å². The molecule has 1 heterocycles. The molecule has 5 nitrogen and oxygen atoms in total. The Labute approximate surface area is 139 Å². The highest BCUT2D eigenvalue weighted by molar-refractivity contribution is 5.74. The van der Waals surface area contributed by atoms with Crippen LogP contribution in [0.15, 0.2) is 18.2 Å². The Hall–Kier alpha value is -1.75. The summed E-state index contributed by atoms with van der Waals surface area (Å²) in [6.07, 6.45) is 1.59. The fourth-order valence-electron chi connectivity index (χ4n) is 3.11. The maximum atomic E-state index is 12.4. The van der Waals surface area contributed by atoms with Crippen molar-refractivity contribution in [2.45, 2.75) is 39.3 Å². The van der Waals surface area contributed by atoms with Gasteiger partial charge in [0.1, 0.15) is 0 Å². The van der Waals surface area contributed by atoms with E-state index in [0.29, 0.717) is 13.1 Å². The summed E-state index contributed by atoms with van der Waals surface area (Å²) in [4.78, 5) is 16.3. The largest absolute Gasteiger partial charge is 0.393 e. The molecule has 128 valence electrons. The molecule has 0 radical (unpaired) electrons. The number of aliphatic hydroxyl groups is 1. The lowest BCUT2D eigenvalue weighted by Gasteiger charge is -2.34. The highest BCUT2D eigenvalue weighted by Gasteiger charge is 2.26. The van der Waals surface area contributed by atoms with Crippen molar-refractivity contribution in [3.63, 3.8) is 0 Å². The van der Waals surface area contributed by atoms with Crippen molar-refractivity contribution < 1.29 is 9.90 Å². The van der Waals surface area contributed by atoms with Crippen molar-refractivity contribution in [3.05, 3.63) is 29.3 Å². The molecule has 1 saturated heterocycles. The second kappa shape index (κ2) is 7.68. The quantitative estimate of drug-likeness (QED) is 0.896. The number of hydrogen-bond donors (Lipinski definition) is 2. The average molecular weight is 319 g/mol. The van der Waals surface area contributed by atoms with Crippen LogP contribution in [0.2, 0.25) is 0 Å². The first kappa shape index (κ1) is 17.6. The zero-order valence-corrected chi connectivity index (χ0v) is 14.7. The number of anilines is 1. The number of amides is 2. The maximum absolute atomic E-state index is 12.4. The third kappa shape index (κ3) is 4.61. The van der Waals surface area contributed by atoms with Crippen molar-refractivity contribution in [2.24, 2.45) is 5.92 Å². The number of aryl methyl sites for hydroxylation is 1. The number of nitrogens with one attached hydrogen (secondary N) is 1. The van der Waals surface area contributed by atoms with Crippen LogP contribution >= 0.6 is 0 Å². The number of carbonyl (C=O) groups excluding carboxylic acids is 1. The van der Waals surface area contributed by atoms with Crippen LogP contribution in [0, 0.1) is 12.8 Å². The van der Waals surface area contributed by atoms with E-state index < -0.39 is 0 Å². The smallest absolute Gasteiger partial charge is 0.317 e. The van der Waals surface area contributed by atoms with Gasteiger partial charge < -0.3 is 20.2 Å². The molecule has 2 amide bonds. The van der Waals surface area contributed by atoms with Gasteiger partial charge in [0.15, 0.2) is 0 Å². The Morgan fingerprint density at radius 1 is 1.48 bits per heavy atom. The number of urea groups is 1. The number of rotatable bonds is 4. The van der Waals surface area contributed by atoms with Crippen LogP contribution in [0.1, 0.15) is 30.9 Å². The van der Waals surface area contributed by atoms with Crippen molar-refractivity contribution in [1.82, 2.24) is 10.2 Å². The second-order valence-electron chi connectivity index (χ2n) is 6.77. The Morgan fingerprint density at radius 3 is 2.87 bits per heavy atom. The molecule has 1 aromatic carbocycles. The molecule has 0 saturated carbocycles. The third-order valence-electron chi connectivity index (χ3n) is 4.58. The molecule has 0 bridgehead atoms. The number of benzene rings is 1. The van der Waals surface area contributed by atoms with E-state index in [0.717, 1.165) is 30.6 Å². The van der Waals surface area contributed by atoms with Gasteiger partial charge in [-0.1, -0.05) is 12.1 Å². The van der Waals surface area contributed by atoms with Gasteiger partial charge in [-0.3, -0.25) is 0 Å². The maximum Gasteiger partial charge on any atom is 0.317 e. The number of nitrogens with zero attached hydrogens (tertiary/aromatic N) is 2. The van der Waals surface area contributed by atoms with E-state index in [9.17, 15) is 9.90 Å². The van der Waals surface area contributed by atoms with Crippen LogP contribution in [0.25, 0.3) is 0 Å². The van der Waals surface area contributed by atoms with Crippen LogP contribution in [-0.4, -0.2) is 49.3 Å². The van der Waals surface area contributed by atoms with Gasteiger partial charge in [-0.25, -0.2) is 4.79 Å². The molecular formula is C18H29N3O2. The summed E-state index contributed by atoms with van der Waals surface area (Å²) >= 11 is 0. The zero-order chi connectivity index (χ0) is 17.0. The SMILES string of the molecule is Cc1ccc(CNC(=O)N2CCCC(C(C)O)C2)c(N(C)C)c1. The topological polar surface area (TPSA) is 55.8 Å². The average Bonchev–Trinajstić information content (AvgIpc) is 2.53. The molecule has 2 N–H and O–H groups in total. The fraction of sp³-hybridized carbons (Fsp3) is 0.611. The second-order valence-corrected chi connectivity index (χ2v) is 6.77. The Kier molecular flexibility index (Phi) is 5.88. The molecule has 1 aliphatic rings. The summed E-state index contributed by atoms with van der Waals surface area (Å²) in [6.45, 7) is 5.80. The van der Waals surface area contributed by atoms with Crippen LogP contribution < -0.4 is 10.2 Å². The first-order valence-corrected chi connectivity index (χ1v) is 8.36. The van der Waals surface area contributed by atoms with Gasteiger partial charge in [0.05, 0.1) is 6.10 Å². The number of piperidine rings is 1. The Bertz CT molecular complexity index is 543. The Morgan fingerprint density at radius 2 is 2.22 bits per heavy atom. The van der Waals surface area contributed by atoms with Crippen molar-refractivity contribution in [2.75, 3.05) is 32.1 Å². The summed E-state index contributed by atoms with van der Waals surface area (Å²) < 4.78 is 0. The third-order valence-corrected chi connectivity index (χ3v) is 4.58. The van der Waals surface area contributed by atoms with E-state index >= 15 is 0 Å². The van der Waals surface area contributed by atoms with E-state index in [1.165, 1.54) is 5.56 Å². The molecule has 2 rings (SSSR count). The van der Waals surface area contributed by atoms with Crippen molar-refractivity contribution >= 4 is 11.7 Å².